The molecule has 4 rings (SSSR count). The molecule has 3 N–H and O–H groups in total. The highest BCUT2D eigenvalue weighted by Gasteiger charge is 2.72. The maximum Gasteiger partial charge on any atom is 0.192 e. The molecule has 4 aliphatic rings. The molecule has 5 nitrogen and oxygen atoms in total. The van der Waals surface area contributed by atoms with Gasteiger partial charge in [-0.05, 0) is 61.2 Å². The van der Waals surface area contributed by atoms with Crippen LogP contribution in [-0.4, -0.2) is 60.3 Å². The third kappa shape index (κ3) is 3.42. The highest BCUT2D eigenvalue weighted by atomic mass is 28.4. The monoisotopic (exact) mass is 508 g/mol. The Kier molecular flexibility index (Phi) is 6.86. The Labute approximate surface area is 214 Å². The zero-order chi connectivity index (χ0) is 26.4. The number of ether oxygens (including phenoxy) is 1. The summed E-state index contributed by atoms with van der Waals surface area (Å²) < 4.78 is 13.4. The second-order valence-corrected chi connectivity index (χ2v) is 18.4. The standard InChI is InChI=1S/C29H52O5Si/c1-11-35(12-2,13-3)34-21-14-20-27(9,16-33-20)24-19(6)29(32)15-17(4)18(5)22(26(29,7)8)23(30)25(31)28(21,24)10/h17,19-21,23-25,30-32H,11-16H2,1-10H3/t17-,19-,20+,21?,23-,24+,25-,27+,28+,29+/m0/s1. The molecule has 0 aromatic rings. The zero-order valence-electron chi connectivity index (χ0n) is 23.9. The molecule has 0 aromatic carbocycles. The van der Waals surface area contributed by atoms with Gasteiger partial charge in [0.2, 0.25) is 0 Å². The third-order valence-electron chi connectivity index (χ3n) is 12.2. The molecule has 1 saturated heterocycles. The summed E-state index contributed by atoms with van der Waals surface area (Å²) in [7, 11) is -2.01. The Morgan fingerprint density at radius 2 is 1.60 bits per heavy atom. The quantitative estimate of drug-likeness (QED) is 0.347. The first kappa shape index (κ1) is 27.8. The average Bonchev–Trinajstić information content (AvgIpc) is 2.80. The molecule has 6 heteroatoms. The predicted molar refractivity (Wildman–Crippen MR) is 143 cm³/mol. The Morgan fingerprint density at radius 1 is 1.03 bits per heavy atom. The first-order valence-electron chi connectivity index (χ1n) is 14.2. The van der Waals surface area contributed by atoms with Gasteiger partial charge in [-0.25, -0.2) is 0 Å². The van der Waals surface area contributed by atoms with E-state index in [1.807, 2.05) is 0 Å². The lowest BCUT2D eigenvalue weighted by Crippen LogP contribution is -2.76. The summed E-state index contributed by atoms with van der Waals surface area (Å²) in [6.45, 7) is 22.4. The molecule has 2 saturated carbocycles. The number of fused-ring (bicyclic) bond motifs is 5. The minimum Gasteiger partial charge on any atom is -0.413 e. The highest BCUT2D eigenvalue weighted by molar-refractivity contribution is 6.73. The van der Waals surface area contributed by atoms with Gasteiger partial charge in [0, 0.05) is 16.2 Å². The minimum absolute atomic E-state index is 0.0501. The molecule has 10 atom stereocenters. The van der Waals surface area contributed by atoms with Gasteiger partial charge in [0.15, 0.2) is 8.32 Å². The fraction of sp³-hybridized carbons (Fsp3) is 0.931. The second-order valence-electron chi connectivity index (χ2n) is 13.7. The maximum atomic E-state index is 12.6. The molecule has 0 spiro atoms. The molecule has 1 aliphatic heterocycles. The van der Waals surface area contributed by atoms with E-state index >= 15 is 0 Å². The van der Waals surface area contributed by atoms with Crippen LogP contribution in [0.1, 0.15) is 82.1 Å². The van der Waals surface area contributed by atoms with Crippen LogP contribution < -0.4 is 0 Å². The van der Waals surface area contributed by atoms with Crippen molar-refractivity contribution in [3.05, 3.63) is 11.1 Å². The summed E-state index contributed by atoms with van der Waals surface area (Å²) in [6.07, 6.45) is -0.768. The fourth-order valence-electron chi connectivity index (χ4n) is 9.41. The summed E-state index contributed by atoms with van der Waals surface area (Å²) >= 11 is 0. The molecule has 3 fully saturated rings. The summed E-state index contributed by atoms with van der Waals surface area (Å²) in [6, 6.07) is 3.10. The van der Waals surface area contributed by atoms with Gasteiger partial charge in [0.1, 0.15) is 6.10 Å². The van der Waals surface area contributed by atoms with Gasteiger partial charge >= 0.3 is 0 Å². The lowest BCUT2D eigenvalue weighted by Gasteiger charge is -2.71. The van der Waals surface area contributed by atoms with Crippen LogP contribution in [0.5, 0.6) is 0 Å². The van der Waals surface area contributed by atoms with Crippen LogP contribution in [0, 0.1) is 34.0 Å². The van der Waals surface area contributed by atoms with E-state index in [0.29, 0.717) is 13.0 Å². The summed E-state index contributed by atoms with van der Waals surface area (Å²) in [4.78, 5) is 0. The lowest BCUT2D eigenvalue weighted by molar-refractivity contribution is -0.325. The van der Waals surface area contributed by atoms with Crippen LogP contribution in [0.3, 0.4) is 0 Å². The molecule has 35 heavy (non-hydrogen) atoms. The minimum atomic E-state index is -2.01. The van der Waals surface area contributed by atoms with Gasteiger partial charge in [-0.1, -0.05) is 67.9 Å². The number of aliphatic hydroxyl groups excluding tert-OH is 2. The van der Waals surface area contributed by atoms with Crippen molar-refractivity contribution in [2.45, 2.75) is 130 Å². The van der Waals surface area contributed by atoms with Gasteiger partial charge < -0.3 is 24.5 Å². The topological polar surface area (TPSA) is 79.2 Å². The number of hydrogen-bond donors (Lipinski definition) is 3. The Bertz CT molecular complexity index is 859. The first-order chi connectivity index (χ1) is 16.1. The van der Waals surface area contributed by atoms with E-state index in [9.17, 15) is 15.3 Å². The molecular weight excluding hydrogens is 456 g/mol. The van der Waals surface area contributed by atoms with Crippen LogP contribution in [0.2, 0.25) is 18.1 Å². The zero-order valence-corrected chi connectivity index (χ0v) is 24.9. The van der Waals surface area contributed by atoms with Crippen LogP contribution in [0.4, 0.5) is 0 Å². The molecular formula is C29H52O5Si. The van der Waals surface area contributed by atoms with E-state index in [2.05, 4.69) is 69.2 Å². The molecule has 0 aromatic heterocycles. The van der Waals surface area contributed by atoms with Gasteiger partial charge in [-0.15, -0.1) is 0 Å². The predicted octanol–water partition coefficient (Wildman–Crippen LogP) is 5.29. The Hall–Kier alpha value is -0.243. The van der Waals surface area contributed by atoms with E-state index in [4.69, 9.17) is 9.16 Å². The van der Waals surface area contributed by atoms with Gasteiger partial charge in [-0.3, -0.25) is 0 Å². The molecule has 1 heterocycles. The Balaban J connectivity index is 1.96. The first-order valence-corrected chi connectivity index (χ1v) is 16.7. The van der Waals surface area contributed by atoms with Crippen LogP contribution in [-0.2, 0) is 9.16 Å². The van der Waals surface area contributed by atoms with E-state index in [-0.39, 0.29) is 35.4 Å². The van der Waals surface area contributed by atoms with E-state index in [1.54, 1.807) is 0 Å². The van der Waals surface area contributed by atoms with Gasteiger partial charge in [-0.2, -0.15) is 0 Å². The normalized spacial score (nSPS) is 49.5. The number of rotatable bonds is 5. The molecule has 0 amide bonds. The van der Waals surface area contributed by atoms with Crippen LogP contribution >= 0.6 is 0 Å². The average molecular weight is 509 g/mol. The van der Waals surface area contributed by atoms with Crippen molar-refractivity contribution >= 4 is 8.32 Å². The number of aliphatic hydroxyl groups is 3. The Morgan fingerprint density at radius 3 is 2.09 bits per heavy atom. The van der Waals surface area contributed by atoms with Crippen molar-refractivity contribution < 1.29 is 24.5 Å². The van der Waals surface area contributed by atoms with Crippen molar-refractivity contribution in [2.75, 3.05) is 6.61 Å². The number of hydrogen-bond acceptors (Lipinski definition) is 5. The van der Waals surface area contributed by atoms with Crippen molar-refractivity contribution in [3.8, 4) is 0 Å². The summed E-state index contributed by atoms with van der Waals surface area (Å²) in [5.41, 5.74) is -0.588. The van der Waals surface area contributed by atoms with E-state index < -0.39 is 37.0 Å². The molecule has 3 aliphatic carbocycles. The lowest BCUT2D eigenvalue weighted by atomic mass is 9.40. The third-order valence-corrected chi connectivity index (χ3v) is 16.8. The van der Waals surface area contributed by atoms with Crippen LogP contribution in [0.25, 0.3) is 0 Å². The van der Waals surface area contributed by atoms with Crippen molar-refractivity contribution in [3.63, 3.8) is 0 Å². The fourth-order valence-corrected chi connectivity index (χ4v) is 12.4. The molecule has 2 bridgehead atoms. The van der Waals surface area contributed by atoms with E-state index in [0.717, 1.165) is 35.7 Å². The van der Waals surface area contributed by atoms with Crippen molar-refractivity contribution in [1.82, 2.24) is 0 Å². The van der Waals surface area contributed by atoms with Crippen LogP contribution in [0.15, 0.2) is 11.1 Å². The molecule has 0 radical (unpaired) electrons. The SMILES string of the molecule is CC[Si](CC)(CC)OC1C[C@H]2OC[C@@]2(C)[C@H]2[C@H](C)[C@]3(O)C[C@H](C)C(C)=C([C@H](O)[C@H](O)[C@]12C)C3(C)C. The summed E-state index contributed by atoms with van der Waals surface area (Å²) in [5, 5.41) is 36.9. The smallest absolute Gasteiger partial charge is 0.192 e. The largest absolute Gasteiger partial charge is 0.413 e. The van der Waals surface area contributed by atoms with E-state index in [1.165, 1.54) is 0 Å². The summed E-state index contributed by atoms with van der Waals surface area (Å²) in [5.74, 6) is -0.00121. The van der Waals surface area contributed by atoms with Crippen molar-refractivity contribution in [1.29, 1.82) is 0 Å². The number of allylic oxidation sites excluding steroid dienone is 1. The molecule has 1 unspecified atom stereocenters. The van der Waals surface area contributed by atoms with Gasteiger partial charge in [0.05, 0.1) is 30.5 Å². The van der Waals surface area contributed by atoms with Crippen molar-refractivity contribution in [2.24, 2.45) is 34.0 Å². The highest BCUT2D eigenvalue weighted by Crippen LogP contribution is 2.68. The maximum absolute atomic E-state index is 12.6. The second kappa shape index (κ2) is 8.64. The molecule has 202 valence electrons. The van der Waals surface area contributed by atoms with Gasteiger partial charge in [0.25, 0.3) is 0 Å².